The quantitative estimate of drug-likeness (QED) is 0.151. The molecule has 0 aromatic rings. The van der Waals surface area contributed by atoms with Gasteiger partial charge in [0, 0.05) is 31.6 Å². The average molecular weight is 473 g/mol. The van der Waals surface area contributed by atoms with E-state index in [4.69, 9.17) is 21.1 Å². The van der Waals surface area contributed by atoms with Gasteiger partial charge in [0.25, 0.3) is 0 Å². The van der Waals surface area contributed by atoms with Crippen molar-refractivity contribution >= 4 is 41.3 Å². The number of nitrogens with one attached hydrogen (secondary N) is 2. The molecular weight excluding hydrogens is 442 g/mol. The predicted octanol–water partition coefficient (Wildman–Crippen LogP) is -0.938. The fourth-order valence-electron chi connectivity index (χ4n) is 2.71. The molecular formula is C20H31N3O10. The number of carboxylic acid groups (broad SMARTS) is 3. The van der Waals surface area contributed by atoms with Crippen LogP contribution in [0.2, 0.25) is 0 Å². The summed E-state index contributed by atoms with van der Waals surface area (Å²) in [5.41, 5.74) is 5.62. The normalized spacial score (nSPS) is 14.3. The molecule has 7 N–H and O–H groups in total. The van der Waals surface area contributed by atoms with Gasteiger partial charge in [0.15, 0.2) is 11.6 Å². The Morgan fingerprint density at radius 3 is 1.73 bits per heavy atom. The number of ketones is 2. The Morgan fingerprint density at radius 2 is 1.24 bits per heavy atom. The Bertz CT molecular complexity index is 767. The molecule has 13 heteroatoms. The highest BCUT2D eigenvalue weighted by Crippen LogP contribution is 2.16. The molecule has 0 unspecified atom stereocenters. The lowest BCUT2D eigenvalue weighted by molar-refractivity contribution is -0.140. The SMILES string of the molecule is CC(=O)[C@H](C)NC(=O)[C@H](CCC(=O)O)CC(=O)[C@H](CCC(=O)O)NC(=O)[C@@H](N)CCC(=O)O. The zero-order chi connectivity index (χ0) is 25.7. The second-order valence-electron chi connectivity index (χ2n) is 7.67. The van der Waals surface area contributed by atoms with Crippen LogP contribution in [0.4, 0.5) is 0 Å². The molecule has 33 heavy (non-hydrogen) atoms. The summed E-state index contributed by atoms with van der Waals surface area (Å²) >= 11 is 0. The van der Waals surface area contributed by atoms with Crippen LogP contribution < -0.4 is 16.4 Å². The van der Waals surface area contributed by atoms with Gasteiger partial charge in [0.2, 0.25) is 11.8 Å². The fraction of sp³-hybridized carbons (Fsp3) is 0.650. The zero-order valence-corrected chi connectivity index (χ0v) is 18.5. The van der Waals surface area contributed by atoms with E-state index in [9.17, 15) is 33.6 Å². The number of amides is 2. The van der Waals surface area contributed by atoms with Crippen LogP contribution in [0.15, 0.2) is 0 Å². The second-order valence-corrected chi connectivity index (χ2v) is 7.67. The van der Waals surface area contributed by atoms with Gasteiger partial charge >= 0.3 is 17.9 Å². The Labute approximate surface area is 190 Å². The molecule has 0 aromatic carbocycles. The molecule has 0 spiro atoms. The molecule has 0 saturated heterocycles. The van der Waals surface area contributed by atoms with Crippen LogP contribution in [0, 0.1) is 5.92 Å². The maximum atomic E-state index is 12.8. The molecule has 0 radical (unpaired) electrons. The molecule has 0 saturated carbocycles. The van der Waals surface area contributed by atoms with Gasteiger partial charge in [-0.05, 0) is 33.1 Å². The second kappa shape index (κ2) is 14.7. The fourth-order valence-corrected chi connectivity index (χ4v) is 2.71. The molecule has 0 aromatic heterocycles. The van der Waals surface area contributed by atoms with E-state index in [2.05, 4.69) is 10.6 Å². The van der Waals surface area contributed by atoms with Gasteiger partial charge in [-0.25, -0.2) is 0 Å². The molecule has 0 fully saturated rings. The lowest BCUT2D eigenvalue weighted by atomic mass is 9.91. The molecule has 4 atom stereocenters. The largest absolute Gasteiger partial charge is 0.481 e. The van der Waals surface area contributed by atoms with E-state index in [1.165, 1.54) is 13.8 Å². The Kier molecular flexibility index (Phi) is 13.2. The van der Waals surface area contributed by atoms with Crippen molar-refractivity contribution in [1.29, 1.82) is 0 Å². The first-order valence-electron chi connectivity index (χ1n) is 10.3. The molecule has 0 aliphatic carbocycles. The van der Waals surface area contributed by atoms with Crippen LogP contribution >= 0.6 is 0 Å². The lowest BCUT2D eigenvalue weighted by Crippen LogP contribution is -2.49. The average Bonchev–Trinajstić information content (AvgIpc) is 2.71. The summed E-state index contributed by atoms with van der Waals surface area (Å²) in [6.07, 6.45) is -2.60. The van der Waals surface area contributed by atoms with E-state index in [0.717, 1.165) is 0 Å². The van der Waals surface area contributed by atoms with Crippen molar-refractivity contribution in [2.24, 2.45) is 11.7 Å². The summed E-state index contributed by atoms with van der Waals surface area (Å²) < 4.78 is 0. The van der Waals surface area contributed by atoms with E-state index in [1.54, 1.807) is 0 Å². The van der Waals surface area contributed by atoms with Crippen molar-refractivity contribution < 1.29 is 48.9 Å². The molecule has 0 aliphatic heterocycles. The first kappa shape index (κ1) is 29.7. The highest BCUT2D eigenvalue weighted by molar-refractivity contribution is 5.95. The number of carbonyl (C=O) groups excluding carboxylic acids is 4. The van der Waals surface area contributed by atoms with Gasteiger partial charge in [0.1, 0.15) is 0 Å². The number of carboxylic acids is 3. The van der Waals surface area contributed by atoms with Gasteiger partial charge in [-0.3, -0.25) is 33.6 Å². The summed E-state index contributed by atoms with van der Waals surface area (Å²) in [7, 11) is 0. The van der Waals surface area contributed by atoms with Crippen LogP contribution in [-0.4, -0.2) is 74.7 Å². The first-order chi connectivity index (χ1) is 15.2. The number of hydrogen-bond donors (Lipinski definition) is 6. The van der Waals surface area contributed by atoms with Gasteiger partial charge < -0.3 is 31.7 Å². The summed E-state index contributed by atoms with van der Waals surface area (Å²) in [5.74, 6) is -7.44. The number of rotatable bonds is 17. The van der Waals surface area contributed by atoms with E-state index >= 15 is 0 Å². The standard InChI is InChI=1S/C20H31N3O10/c1-10(11(2)24)22-19(32)12(3-6-16(26)27)9-15(25)14(5-8-18(30)31)23-20(33)13(21)4-7-17(28)29/h10,12-14H,3-9,21H2,1-2H3,(H,22,32)(H,23,33)(H,26,27)(H,28,29)(H,30,31)/t10-,12+,13-,14-/m0/s1. The molecule has 0 aliphatic rings. The van der Waals surface area contributed by atoms with Crippen LogP contribution in [0.3, 0.4) is 0 Å². The number of aliphatic carboxylic acids is 3. The highest BCUT2D eigenvalue weighted by atomic mass is 16.4. The van der Waals surface area contributed by atoms with E-state index in [-0.39, 0.29) is 25.0 Å². The molecule has 13 nitrogen and oxygen atoms in total. The molecule has 186 valence electrons. The first-order valence-corrected chi connectivity index (χ1v) is 10.3. The van der Waals surface area contributed by atoms with Crippen molar-refractivity contribution in [2.45, 2.75) is 76.9 Å². The summed E-state index contributed by atoms with van der Waals surface area (Å²) in [4.78, 5) is 81.5. The molecule has 0 heterocycles. The Balaban J connectivity index is 5.45. The minimum Gasteiger partial charge on any atom is -0.481 e. The maximum Gasteiger partial charge on any atom is 0.303 e. The zero-order valence-electron chi connectivity index (χ0n) is 18.5. The van der Waals surface area contributed by atoms with Gasteiger partial charge in [-0.1, -0.05) is 0 Å². The molecule has 2 amide bonds. The minimum atomic E-state index is -1.34. The molecule has 0 bridgehead atoms. The van der Waals surface area contributed by atoms with Crippen molar-refractivity contribution in [2.75, 3.05) is 0 Å². The monoisotopic (exact) mass is 473 g/mol. The van der Waals surface area contributed by atoms with Crippen LogP contribution in [-0.2, 0) is 33.6 Å². The maximum absolute atomic E-state index is 12.8. The van der Waals surface area contributed by atoms with Gasteiger partial charge in [-0.15, -0.1) is 0 Å². The van der Waals surface area contributed by atoms with Crippen LogP contribution in [0.25, 0.3) is 0 Å². The van der Waals surface area contributed by atoms with Crippen molar-refractivity contribution in [1.82, 2.24) is 10.6 Å². The topological polar surface area (TPSA) is 230 Å². The third kappa shape index (κ3) is 12.9. The number of carbonyl (C=O) groups is 7. The van der Waals surface area contributed by atoms with Crippen molar-refractivity contribution in [3.05, 3.63) is 0 Å². The van der Waals surface area contributed by atoms with Crippen LogP contribution in [0.1, 0.15) is 58.8 Å². The lowest BCUT2D eigenvalue weighted by Gasteiger charge is -2.23. The van der Waals surface area contributed by atoms with Gasteiger partial charge in [-0.2, -0.15) is 0 Å². The van der Waals surface area contributed by atoms with E-state index in [1.807, 2.05) is 0 Å². The highest BCUT2D eigenvalue weighted by Gasteiger charge is 2.30. The third-order valence-electron chi connectivity index (χ3n) is 4.85. The summed E-state index contributed by atoms with van der Waals surface area (Å²) in [5, 5.41) is 31.2. The van der Waals surface area contributed by atoms with Crippen molar-refractivity contribution in [3.63, 3.8) is 0 Å². The van der Waals surface area contributed by atoms with Crippen LogP contribution in [0.5, 0.6) is 0 Å². The van der Waals surface area contributed by atoms with Crippen molar-refractivity contribution in [3.8, 4) is 0 Å². The Morgan fingerprint density at radius 1 is 0.758 bits per heavy atom. The summed E-state index contributed by atoms with van der Waals surface area (Å²) in [6.45, 7) is 2.66. The van der Waals surface area contributed by atoms with E-state index < -0.39 is 85.2 Å². The third-order valence-corrected chi connectivity index (χ3v) is 4.85. The van der Waals surface area contributed by atoms with Gasteiger partial charge in [0.05, 0.1) is 18.1 Å². The van der Waals surface area contributed by atoms with E-state index in [0.29, 0.717) is 0 Å². The predicted molar refractivity (Wildman–Crippen MR) is 112 cm³/mol. The Hall–Kier alpha value is -3.35. The molecule has 0 rings (SSSR count). The number of nitrogens with two attached hydrogens (primary N) is 1. The minimum absolute atomic E-state index is 0.215. The smallest absolute Gasteiger partial charge is 0.303 e. The summed E-state index contributed by atoms with van der Waals surface area (Å²) in [6, 6.07) is -3.46. The number of Topliss-reactive ketones (excluding diaryl/α,β-unsaturated/α-hetero) is 2. The number of hydrogen-bond acceptors (Lipinski definition) is 8.